The van der Waals surface area contributed by atoms with Crippen LogP contribution in [0.5, 0.6) is 0 Å². The molecule has 20 heavy (non-hydrogen) atoms. The van der Waals surface area contributed by atoms with Gasteiger partial charge in [0.05, 0.1) is 11.8 Å². The Hall–Kier alpha value is -1.91. The highest BCUT2D eigenvalue weighted by molar-refractivity contribution is 5.55. The van der Waals surface area contributed by atoms with Gasteiger partial charge in [-0.1, -0.05) is 20.8 Å². The highest BCUT2D eigenvalue weighted by atomic mass is 15.3. The fourth-order valence-electron chi connectivity index (χ4n) is 1.98. The quantitative estimate of drug-likeness (QED) is 0.842. The van der Waals surface area contributed by atoms with Crippen LogP contribution in [-0.4, -0.2) is 26.3 Å². The number of nitrogens with zero attached hydrogens (tertiary/aromatic N) is 4. The molecule has 108 valence electrons. The maximum atomic E-state index is 4.60. The second-order valence-corrected chi connectivity index (χ2v) is 4.84. The summed E-state index contributed by atoms with van der Waals surface area (Å²) in [6.07, 6.45) is 6.91. The monoisotopic (exact) mass is 273 g/mol. The van der Waals surface area contributed by atoms with E-state index in [2.05, 4.69) is 41.2 Å². The Morgan fingerprint density at radius 3 is 2.70 bits per heavy atom. The summed E-state index contributed by atoms with van der Waals surface area (Å²) in [6.45, 7) is 8.24. The van der Waals surface area contributed by atoms with Crippen LogP contribution in [0.1, 0.15) is 39.3 Å². The number of hydrogen-bond donors (Lipinski definition) is 1. The predicted octanol–water partition coefficient (Wildman–Crippen LogP) is 3.13. The Labute approximate surface area is 120 Å². The molecule has 1 N–H and O–H groups in total. The molecule has 0 aliphatic carbocycles. The van der Waals surface area contributed by atoms with Gasteiger partial charge in [-0.3, -0.25) is 4.68 Å². The lowest BCUT2D eigenvalue weighted by Gasteiger charge is -2.07. The van der Waals surface area contributed by atoms with Gasteiger partial charge in [-0.25, -0.2) is 9.97 Å². The van der Waals surface area contributed by atoms with E-state index < -0.39 is 0 Å². The Morgan fingerprint density at radius 2 is 2.00 bits per heavy atom. The van der Waals surface area contributed by atoms with Crippen LogP contribution in [0.3, 0.4) is 0 Å². The zero-order chi connectivity index (χ0) is 14.4. The first-order chi connectivity index (χ1) is 9.76. The van der Waals surface area contributed by atoms with Crippen molar-refractivity contribution in [3.8, 4) is 11.4 Å². The molecule has 2 aromatic heterocycles. The number of aromatic nitrogens is 4. The van der Waals surface area contributed by atoms with Gasteiger partial charge < -0.3 is 5.32 Å². The summed E-state index contributed by atoms with van der Waals surface area (Å²) in [5.74, 6) is 1.65. The second kappa shape index (κ2) is 7.03. The first kappa shape index (κ1) is 14.5. The van der Waals surface area contributed by atoms with Gasteiger partial charge >= 0.3 is 0 Å². The van der Waals surface area contributed by atoms with Crippen LogP contribution >= 0.6 is 0 Å². The van der Waals surface area contributed by atoms with E-state index in [1.165, 1.54) is 0 Å². The molecule has 0 amide bonds. The van der Waals surface area contributed by atoms with Gasteiger partial charge in [0.1, 0.15) is 5.82 Å². The molecule has 2 rings (SSSR count). The summed E-state index contributed by atoms with van der Waals surface area (Å²) < 4.78 is 1.94. The third-order valence-electron chi connectivity index (χ3n) is 3.04. The molecule has 0 saturated carbocycles. The first-order valence-electron chi connectivity index (χ1n) is 7.41. The topological polar surface area (TPSA) is 55.6 Å². The fraction of sp³-hybridized carbons (Fsp3) is 0.533. The fourth-order valence-corrected chi connectivity index (χ4v) is 1.98. The maximum Gasteiger partial charge on any atom is 0.164 e. The van der Waals surface area contributed by atoms with E-state index in [1.54, 1.807) is 0 Å². The molecule has 0 aliphatic heterocycles. The Morgan fingerprint density at radius 1 is 1.15 bits per heavy atom. The summed E-state index contributed by atoms with van der Waals surface area (Å²) in [5.41, 5.74) is 2.03. The van der Waals surface area contributed by atoms with Crippen molar-refractivity contribution < 1.29 is 0 Å². The molecule has 2 aromatic rings. The van der Waals surface area contributed by atoms with E-state index in [4.69, 9.17) is 0 Å². The third-order valence-corrected chi connectivity index (χ3v) is 3.04. The van der Waals surface area contributed by atoms with Gasteiger partial charge in [0.15, 0.2) is 5.82 Å². The maximum absolute atomic E-state index is 4.60. The van der Waals surface area contributed by atoms with Crippen LogP contribution in [0.4, 0.5) is 5.82 Å². The van der Waals surface area contributed by atoms with E-state index in [1.807, 2.05) is 23.1 Å². The lowest BCUT2D eigenvalue weighted by Crippen LogP contribution is -2.05. The largest absolute Gasteiger partial charge is 0.370 e. The van der Waals surface area contributed by atoms with Crippen LogP contribution in [-0.2, 0) is 13.0 Å². The van der Waals surface area contributed by atoms with Crippen molar-refractivity contribution in [3.63, 3.8) is 0 Å². The molecule has 0 fully saturated rings. The molecule has 0 aromatic carbocycles. The van der Waals surface area contributed by atoms with Crippen molar-refractivity contribution in [2.45, 2.75) is 46.6 Å². The SMILES string of the molecule is CCCNc1cc(CC)nc(-c2cnn(CCC)c2)n1. The molecule has 0 aliphatic rings. The molecule has 0 radical (unpaired) electrons. The van der Waals surface area contributed by atoms with Crippen molar-refractivity contribution in [1.82, 2.24) is 19.7 Å². The van der Waals surface area contributed by atoms with Gasteiger partial charge in [-0.05, 0) is 19.3 Å². The Balaban J connectivity index is 2.28. The summed E-state index contributed by atoms with van der Waals surface area (Å²) in [4.78, 5) is 9.19. The van der Waals surface area contributed by atoms with Gasteiger partial charge in [0, 0.05) is 31.0 Å². The molecule has 0 bridgehead atoms. The average Bonchev–Trinajstić information content (AvgIpc) is 2.94. The minimum Gasteiger partial charge on any atom is -0.370 e. The van der Waals surface area contributed by atoms with Crippen LogP contribution in [0.25, 0.3) is 11.4 Å². The predicted molar refractivity (Wildman–Crippen MR) is 81.7 cm³/mol. The number of hydrogen-bond acceptors (Lipinski definition) is 4. The van der Waals surface area contributed by atoms with Crippen molar-refractivity contribution in [2.24, 2.45) is 0 Å². The van der Waals surface area contributed by atoms with Crippen LogP contribution in [0.2, 0.25) is 0 Å². The summed E-state index contributed by atoms with van der Waals surface area (Å²) in [7, 11) is 0. The second-order valence-electron chi connectivity index (χ2n) is 4.84. The Kier molecular flexibility index (Phi) is 5.09. The van der Waals surface area contributed by atoms with Crippen molar-refractivity contribution >= 4 is 5.82 Å². The van der Waals surface area contributed by atoms with Gasteiger partial charge in [-0.2, -0.15) is 5.10 Å². The van der Waals surface area contributed by atoms with Crippen LogP contribution in [0, 0.1) is 0 Å². The lowest BCUT2D eigenvalue weighted by atomic mass is 10.2. The highest BCUT2D eigenvalue weighted by Gasteiger charge is 2.08. The van der Waals surface area contributed by atoms with Crippen molar-refractivity contribution in [2.75, 3.05) is 11.9 Å². The molecule has 0 atom stereocenters. The van der Waals surface area contributed by atoms with Crippen LogP contribution in [0.15, 0.2) is 18.5 Å². The molecule has 2 heterocycles. The van der Waals surface area contributed by atoms with E-state index >= 15 is 0 Å². The molecule has 5 heteroatoms. The minimum atomic E-state index is 0.755. The molecule has 0 spiro atoms. The molecular weight excluding hydrogens is 250 g/mol. The standard InChI is InChI=1S/C15H23N5/c1-4-7-16-14-9-13(6-3)18-15(19-14)12-10-17-20(11-12)8-5-2/h9-11H,4-8H2,1-3H3,(H,16,18,19). The minimum absolute atomic E-state index is 0.755. The molecule has 5 nitrogen and oxygen atoms in total. The van der Waals surface area contributed by atoms with Crippen molar-refractivity contribution in [1.29, 1.82) is 0 Å². The van der Waals surface area contributed by atoms with E-state index in [0.29, 0.717) is 0 Å². The number of rotatable bonds is 7. The highest BCUT2D eigenvalue weighted by Crippen LogP contribution is 2.18. The average molecular weight is 273 g/mol. The first-order valence-corrected chi connectivity index (χ1v) is 7.41. The number of anilines is 1. The van der Waals surface area contributed by atoms with E-state index in [9.17, 15) is 0 Å². The smallest absolute Gasteiger partial charge is 0.164 e. The molecule has 0 saturated heterocycles. The summed E-state index contributed by atoms with van der Waals surface area (Å²) in [5, 5.41) is 7.68. The summed E-state index contributed by atoms with van der Waals surface area (Å²) >= 11 is 0. The van der Waals surface area contributed by atoms with Gasteiger partial charge in [0.25, 0.3) is 0 Å². The summed E-state index contributed by atoms with van der Waals surface area (Å²) in [6, 6.07) is 2.02. The zero-order valence-electron chi connectivity index (χ0n) is 12.6. The number of aryl methyl sites for hydroxylation is 2. The Bertz CT molecular complexity index is 547. The van der Waals surface area contributed by atoms with Crippen molar-refractivity contribution in [3.05, 3.63) is 24.2 Å². The zero-order valence-corrected chi connectivity index (χ0v) is 12.6. The molecule has 0 unspecified atom stereocenters. The van der Waals surface area contributed by atoms with E-state index in [0.717, 1.165) is 55.3 Å². The van der Waals surface area contributed by atoms with Gasteiger partial charge in [-0.15, -0.1) is 0 Å². The van der Waals surface area contributed by atoms with E-state index in [-0.39, 0.29) is 0 Å². The lowest BCUT2D eigenvalue weighted by molar-refractivity contribution is 0.603. The normalized spacial score (nSPS) is 10.8. The van der Waals surface area contributed by atoms with Crippen LogP contribution < -0.4 is 5.32 Å². The third kappa shape index (κ3) is 3.56. The van der Waals surface area contributed by atoms with Gasteiger partial charge in [0.2, 0.25) is 0 Å². The number of nitrogens with one attached hydrogen (secondary N) is 1. The molecular formula is C15H23N5.